The van der Waals surface area contributed by atoms with E-state index in [1.807, 2.05) is 41.4 Å². The Morgan fingerprint density at radius 3 is 2.59 bits per heavy atom. The minimum Gasteiger partial charge on any atom is -0.339 e. The van der Waals surface area contributed by atoms with Crippen LogP contribution in [0.2, 0.25) is 0 Å². The summed E-state index contributed by atoms with van der Waals surface area (Å²) in [6.45, 7) is 1.95. The highest BCUT2D eigenvalue weighted by atomic mass is 16.2. The Hall–Kier alpha value is -3.61. The Morgan fingerprint density at radius 2 is 1.79 bits per heavy atom. The van der Waals surface area contributed by atoms with Gasteiger partial charge in [0.05, 0.1) is 11.9 Å². The minimum absolute atomic E-state index is 0.0138. The van der Waals surface area contributed by atoms with E-state index in [1.54, 1.807) is 35.1 Å². The van der Waals surface area contributed by atoms with E-state index in [0.717, 1.165) is 37.2 Å². The third-order valence-corrected chi connectivity index (χ3v) is 4.87. The predicted octanol–water partition coefficient (Wildman–Crippen LogP) is 3.43. The van der Waals surface area contributed by atoms with Crippen molar-refractivity contribution >= 4 is 17.6 Å². The number of nitrogens with one attached hydrogen (secondary N) is 2. The average molecular weight is 389 g/mol. The Bertz CT molecular complexity index is 993. The first-order valence-corrected chi connectivity index (χ1v) is 9.72. The molecule has 1 aliphatic heterocycles. The number of para-hydroxylation sites is 1. The normalized spacial score (nSPS) is 13.3. The summed E-state index contributed by atoms with van der Waals surface area (Å²) in [5.41, 5.74) is 3.03. The number of anilines is 1. The largest absolute Gasteiger partial charge is 0.339 e. The van der Waals surface area contributed by atoms with Crippen LogP contribution in [0, 0.1) is 0 Å². The van der Waals surface area contributed by atoms with Crippen LogP contribution >= 0.6 is 0 Å². The van der Waals surface area contributed by atoms with Gasteiger partial charge in [0.1, 0.15) is 0 Å². The van der Waals surface area contributed by atoms with Crippen LogP contribution < -0.4 is 10.6 Å². The predicted molar refractivity (Wildman–Crippen MR) is 111 cm³/mol. The molecule has 7 heteroatoms. The molecule has 0 unspecified atom stereocenters. The van der Waals surface area contributed by atoms with Crippen LogP contribution in [0.25, 0.3) is 5.69 Å². The summed E-state index contributed by atoms with van der Waals surface area (Å²) in [6.07, 6.45) is 5.70. The molecule has 7 nitrogen and oxygen atoms in total. The summed E-state index contributed by atoms with van der Waals surface area (Å²) < 4.78 is 1.77. The molecule has 3 aromatic rings. The fraction of sp³-hybridized carbons (Fsp3) is 0.227. The van der Waals surface area contributed by atoms with Crippen molar-refractivity contribution in [1.29, 1.82) is 0 Å². The first kappa shape index (κ1) is 18.7. The van der Waals surface area contributed by atoms with Gasteiger partial charge in [-0.15, -0.1) is 0 Å². The van der Waals surface area contributed by atoms with Gasteiger partial charge < -0.3 is 15.5 Å². The summed E-state index contributed by atoms with van der Waals surface area (Å²) in [5.74, 6) is 0.0138. The number of rotatable bonds is 5. The van der Waals surface area contributed by atoms with Crippen molar-refractivity contribution in [3.05, 3.63) is 78.1 Å². The van der Waals surface area contributed by atoms with Crippen molar-refractivity contribution in [2.75, 3.05) is 18.4 Å². The fourth-order valence-electron chi connectivity index (χ4n) is 3.36. The van der Waals surface area contributed by atoms with E-state index in [4.69, 9.17) is 0 Å². The third-order valence-electron chi connectivity index (χ3n) is 4.87. The number of benzene rings is 2. The van der Waals surface area contributed by atoms with Crippen molar-refractivity contribution < 1.29 is 9.59 Å². The fourth-order valence-corrected chi connectivity index (χ4v) is 3.36. The number of urea groups is 1. The Balaban J connectivity index is 1.33. The zero-order valence-corrected chi connectivity index (χ0v) is 16.0. The smallest absolute Gasteiger partial charge is 0.319 e. The number of hydrogen-bond acceptors (Lipinski definition) is 3. The van der Waals surface area contributed by atoms with Gasteiger partial charge in [-0.05, 0) is 43.2 Å². The second-order valence-electron chi connectivity index (χ2n) is 7.02. The van der Waals surface area contributed by atoms with Gasteiger partial charge in [0.25, 0.3) is 5.91 Å². The first-order valence-electron chi connectivity index (χ1n) is 9.72. The van der Waals surface area contributed by atoms with E-state index in [0.29, 0.717) is 17.8 Å². The summed E-state index contributed by atoms with van der Waals surface area (Å²) in [6, 6.07) is 16.5. The van der Waals surface area contributed by atoms with E-state index in [9.17, 15) is 9.59 Å². The van der Waals surface area contributed by atoms with E-state index >= 15 is 0 Å². The molecule has 0 bridgehead atoms. The maximum absolute atomic E-state index is 12.5. The van der Waals surface area contributed by atoms with Crippen LogP contribution in [0.15, 0.2) is 67.0 Å². The molecule has 29 heavy (non-hydrogen) atoms. The molecule has 4 rings (SSSR count). The van der Waals surface area contributed by atoms with Gasteiger partial charge in [0, 0.05) is 42.6 Å². The highest BCUT2D eigenvalue weighted by Crippen LogP contribution is 2.16. The van der Waals surface area contributed by atoms with Crippen molar-refractivity contribution in [3.63, 3.8) is 0 Å². The Kier molecular flexibility index (Phi) is 5.56. The SMILES string of the molecule is O=C(NCc1cnn(-c2ccccc2)c1)Nc1cccc(C(=O)N2CCCC2)c1. The molecule has 1 aliphatic rings. The lowest BCUT2D eigenvalue weighted by atomic mass is 10.2. The van der Waals surface area contributed by atoms with E-state index in [2.05, 4.69) is 15.7 Å². The molecule has 2 heterocycles. The summed E-state index contributed by atoms with van der Waals surface area (Å²) in [7, 11) is 0. The maximum atomic E-state index is 12.5. The quantitative estimate of drug-likeness (QED) is 0.702. The van der Waals surface area contributed by atoms with Crippen LogP contribution in [0.5, 0.6) is 0 Å². The van der Waals surface area contributed by atoms with Gasteiger partial charge in [-0.3, -0.25) is 4.79 Å². The van der Waals surface area contributed by atoms with Crippen molar-refractivity contribution in [3.8, 4) is 5.69 Å². The Labute approximate surface area is 169 Å². The van der Waals surface area contributed by atoms with Gasteiger partial charge in [-0.1, -0.05) is 24.3 Å². The minimum atomic E-state index is -0.330. The van der Waals surface area contributed by atoms with Crippen molar-refractivity contribution in [2.24, 2.45) is 0 Å². The standard InChI is InChI=1S/C22H23N5O2/c28-21(26-11-4-5-12-26)18-7-6-8-19(13-18)25-22(29)23-14-17-15-24-27(16-17)20-9-2-1-3-10-20/h1-3,6-10,13,15-16H,4-5,11-12,14H2,(H2,23,25,29). The molecule has 2 N–H and O–H groups in total. The molecule has 148 valence electrons. The molecular weight excluding hydrogens is 366 g/mol. The van der Waals surface area contributed by atoms with E-state index < -0.39 is 0 Å². The number of nitrogens with zero attached hydrogens (tertiary/aromatic N) is 3. The van der Waals surface area contributed by atoms with Crippen LogP contribution in [-0.2, 0) is 6.54 Å². The number of carbonyl (C=O) groups is 2. The number of amides is 3. The van der Waals surface area contributed by atoms with Crippen LogP contribution in [0.3, 0.4) is 0 Å². The number of carbonyl (C=O) groups excluding carboxylic acids is 2. The molecule has 0 radical (unpaired) electrons. The zero-order valence-electron chi connectivity index (χ0n) is 16.0. The van der Waals surface area contributed by atoms with Gasteiger partial charge in [-0.25, -0.2) is 9.48 Å². The molecule has 0 saturated carbocycles. The highest BCUT2D eigenvalue weighted by Gasteiger charge is 2.19. The number of aromatic nitrogens is 2. The average Bonchev–Trinajstić information content (AvgIpc) is 3.45. The molecule has 0 spiro atoms. The molecule has 1 fully saturated rings. The lowest BCUT2D eigenvalue weighted by Gasteiger charge is -2.15. The topological polar surface area (TPSA) is 79.3 Å². The van der Waals surface area contributed by atoms with Crippen LogP contribution in [0.1, 0.15) is 28.8 Å². The van der Waals surface area contributed by atoms with Crippen molar-refractivity contribution in [2.45, 2.75) is 19.4 Å². The summed E-state index contributed by atoms with van der Waals surface area (Å²) in [5, 5.41) is 9.93. The molecule has 2 aromatic carbocycles. The van der Waals surface area contributed by atoms with Crippen LogP contribution in [0.4, 0.5) is 10.5 Å². The first-order chi connectivity index (χ1) is 14.2. The zero-order chi connectivity index (χ0) is 20.1. The van der Waals surface area contributed by atoms with Gasteiger partial charge in [0.2, 0.25) is 0 Å². The molecule has 3 amide bonds. The van der Waals surface area contributed by atoms with Crippen molar-refractivity contribution in [1.82, 2.24) is 20.0 Å². The molecule has 1 aromatic heterocycles. The highest BCUT2D eigenvalue weighted by molar-refractivity contribution is 5.97. The molecular formula is C22H23N5O2. The second kappa shape index (κ2) is 8.60. The second-order valence-corrected chi connectivity index (χ2v) is 7.02. The lowest BCUT2D eigenvalue weighted by molar-refractivity contribution is 0.0793. The maximum Gasteiger partial charge on any atom is 0.319 e. The van der Waals surface area contributed by atoms with Gasteiger partial charge in [-0.2, -0.15) is 5.10 Å². The summed E-state index contributed by atoms with van der Waals surface area (Å²) >= 11 is 0. The molecule has 1 saturated heterocycles. The summed E-state index contributed by atoms with van der Waals surface area (Å²) in [4.78, 5) is 26.6. The lowest BCUT2D eigenvalue weighted by Crippen LogP contribution is -2.29. The Morgan fingerprint density at radius 1 is 1.00 bits per heavy atom. The van der Waals surface area contributed by atoms with Crippen LogP contribution in [-0.4, -0.2) is 39.7 Å². The van der Waals surface area contributed by atoms with E-state index in [-0.39, 0.29) is 11.9 Å². The number of likely N-dealkylation sites (tertiary alicyclic amines) is 1. The third kappa shape index (κ3) is 4.63. The van der Waals surface area contributed by atoms with Gasteiger partial charge >= 0.3 is 6.03 Å². The van der Waals surface area contributed by atoms with Gasteiger partial charge in [0.15, 0.2) is 0 Å². The number of hydrogen-bond donors (Lipinski definition) is 2. The van der Waals surface area contributed by atoms with E-state index in [1.165, 1.54) is 0 Å². The monoisotopic (exact) mass is 389 g/mol. The molecule has 0 atom stereocenters. The molecule has 0 aliphatic carbocycles.